The zero-order valence-corrected chi connectivity index (χ0v) is 21.1. The number of carboxylic acid groups (broad SMARTS) is 1. The third-order valence-corrected chi connectivity index (χ3v) is 6.51. The van der Waals surface area contributed by atoms with Crippen LogP contribution in [0.15, 0.2) is 36.7 Å². The van der Waals surface area contributed by atoms with Gasteiger partial charge in [0.1, 0.15) is 5.82 Å². The van der Waals surface area contributed by atoms with Gasteiger partial charge in [-0.05, 0) is 66.3 Å². The van der Waals surface area contributed by atoms with Crippen LogP contribution in [0, 0.1) is 29.1 Å². The Balaban J connectivity index is 1.60. The summed E-state index contributed by atoms with van der Waals surface area (Å²) in [6.45, 7) is 4.91. The third-order valence-electron chi connectivity index (χ3n) is 5.84. The molecule has 0 aliphatic carbocycles. The first-order valence-electron chi connectivity index (χ1n) is 10.8. The summed E-state index contributed by atoms with van der Waals surface area (Å²) in [6, 6.07) is 6.12. The predicted molar refractivity (Wildman–Crippen MR) is 135 cm³/mol. The van der Waals surface area contributed by atoms with Crippen LogP contribution in [0.25, 0.3) is 0 Å². The second kappa shape index (κ2) is 10.1. The van der Waals surface area contributed by atoms with Crippen LogP contribution in [0.5, 0.6) is 0 Å². The molecule has 2 aromatic carbocycles. The fourth-order valence-electron chi connectivity index (χ4n) is 3.98. The van der Waals surface area contributed by atoms with Crippen molar-refractivity contribution in [3.63, 3.8) is 0 Å². The summed E-state index contributed by atoms with van der Waals surface area (Å²) >= 11 is 2.11. The maximum atomic E-state index is 15.1. The molecule has 1 aliphatic heterocycles. The van der Waals surface area contributed by atoms with E-state index in [2.05, 4.69) is 37.9 Å². The number of aryl methyl sites for hydroxylation is 2. The van der Waals surface area contributed by atoms with Crippen molar-refractivity contribution in [2.75, 3.05) is 36.4 Å². The largest absolute Gasteiger partial charge is 0.478 e. The molecule has 1 amide bonds. The van der Waals surface area contributed by atoms with Crippen LogP contribution in [0.3, 0.4) is 0 Å². The molecule has 0 unspecified atom stereocenters. The smallest absolute Gasteiger partial charge is 0.337 e. The Morgan fingerprint density at radius 3 is 2.31 bits per heavy atom. The summed E-state index contributed by atoms with van der Waals surface area (Å²) in [7, 11) is 0. The Kier molecular flexibility index (Phi) is 7.15. The van der Waals surface area contributed by atoms with E-state index >= 15 is 8.78 Å². The number of carboxylic acids is 1. The number of benzene rings is 2. The highest BCUT2D eigenvalue weighted by molar-refractivity contribution is 14.1. The highest BCUT2D eigenvalue weighted by atomic mass is 127. The van der Waals surface area contributed by atoms with Crippen molar-refractivity contribution < 1.29 is 23.5 Å². The molecule has 4 rings (SSSR count). The van der Waals surface area contributed by atoms with Gasteiger partial charge in [-0.25, -0.2) is 18.6 Å². The Labute approximate surface area is 214 Å². The van der Waals surface area contributed by atoms with Crippen LogP contribution < -0.4 is 10.2 Å². The molecular formula is C24H22F2IN5O3. The number of halogens is 3. The first-order chi connectivity index (χ1) is 16.7. The third kappa shape index (κ3) is 5.04. The van der Waals surface area contributed by atoms with E-state index in [0.29, 0.717) is 24.6 Å². The number of rotatable bonds is 5. The number of hydrogen-bond acceptors (Lipinski definition) is 6. The second-order valence-corrected chi connectivity index (χ2v) is 9.35. The van der Waals surface area contributed by atoms with E-state index in [9.17, 15) is 14.7 Å². The van der Waals surface area contributed by atoms with Gasteiger partial charge < -0.3 is 20.2 Å². The average Bonchev–Trinajstić information content (AvgIpc) is 2.83. The molecule has 0 radical (unpaired) electrons. The minimum absolute atomic E-state index is 0.236. The van der Waals surface area contributed by atoms with E-state index in [1.54, 1.807) is 31.5 Å². The Hall–Kier alpha value is -3.35. The van der Waals surface area contributed by atoms with Crippen molar-refractivity contribution >= 4 is 51.7 Å². The van der Waals surface area contributed by atoms with Gasteiger partial charge in [0.15, 0.2) is 11.6 Å². The number of carbonyl (C=O) groups is 2. The van der Waals surface area contributed by atoms with Crippen molar-refractivity contribution in [3.05, 3.63) is 74.2 Å². The molecule has 0 saturated carbocycles. The zero-order valence-electron chi connectivity index (χ0n) is 19.0. The molecule has 0 bridgehead atoms. The normalized spacial score (nSPS) is 13.6. The molecule has 1 fully saturated rings. The van der Waals surface area contributed by atoms with E-state index in [0.717, 1.165) is 20.9 Å². The van der Waals surface area contributed by atoms with Crippen LogP contribution in [-0.2, 0) is 0 Å². The molecule has 0 spiro atoms. The average molecular weight is 593 g/mol. The molecule has 1 aromatic heterocycles. The van der Waals surface area contributed by atoms with Crippen LogP contribution in [0.4, 0.5) is 26.0 Å². The summed E-state index contributed by atoms with van der Waals surface area (Å²) in [5, 5.41) is 12.4. The van der Waals surface area contributed by atoms with Gasteiger partial charge in [-0.2, -0.15) is 0 Å². The van der Waals surface area contributed by atoms with Gasteiger partial charge in [0.05, 0.1) is 22.5 Å². The number of carbonyl (C=O) groups excluding carboxylic acids is 1. The lowest BCUT2D eigenvalue weighted by Gasteiger charge is -2.35. The lowest BCUT2D eigenvalue weighted by Crippen LogP contribution is -2.49. The summed E-state index contributed by atoms with van der Waals surface area (Å²) in [5.41, 5.74) is 0.231. The van der Waals surface area contributed by atoms with Crippen LogP contribution in [0.1, 0.15) is 32.0 Å². The monoisotopic (exact) mass is 593 g/mol. The summed E-state index contributed by atoms with van der Waals surface area (Å²) in [4.78, 5) is 36.9. The highest BCUT2D eigenvalue weighted by Gasteiger charge is 2.30. The molecule has 1 saturated heterocycles. The molecule has 35 heavy (non-hydrogen) atoms. The van der Waals surface area contributed by atoms with Crippen LogP contribution in [0.2, 0.25) is 0 Å². The molecule has 1 aliphatic rings. The molecule has 0 atom stereocenters. The molecule has 8 nitrogen and oxygen atoms in total. The zero-order chi connectivity index (χ0) is 25.3. The molecule has 2 N–H and O–H groups in total. The van der Waals surface area contributed by atoms with E-state index in [4.69, 9.17) is 0 Å². The summed E-state index contributed by atoms with van der Waals surface area (Å²) < 4.78 is 31.2. The van der Waals surface area contributed by atoms with Crippen molar-refractivity contribution in [2.45, 2.75) is 13.8 Å². The number of aromatic carboxylic acids is 1. The lowest BCUT2D eigenvalue weighted by atomic mass is 10.0. The maximum Gasteiger partial charge on any atom is 0.337 e. The molecule has 182 valence electrons. The Morgan fingerprint density at radius 2 is 1.69 bits per heavy atom. The van der Waals surface area contributed by atoms with Crippen LogP contribution >= 0.6 is 22.6 Å². The fourth-order valence-corrected chi connectivity index (χ4v) is 4.62. The quantitative estimate of drug-likeness (QED) is 0.424. The topological polar surface area (TPSA) is 98.7 Å². The van der Waals surface area contributed by atoms with E-state index in [1.807, 2.05) is 17.9 Å². The lowest BCUT2D eigenvalue weighted by molar-refractivity contribution is 0.0697. The number of amides is 1. The van der Waals surface area contributed by atoms with Gasteiger partial charge in [-0.3, -0.25) is 9.78 Å². The van der Waals surface area contributed by atoms with Gasteiger partial charge in [0.25, 0.3) is 5.91 Å². The van der Waals surface area contributed by atoms with Crippen LogP contribution in [-0.4, -0.2) is 58.0 Å². The SMILES string of the molecule is Cc1cc(I)ccc1Nc1c(C(=O)O)cc(C(=O)N2CCN(c3nccnc3C)CC2)c(F)c1F. The standard InChI is InChI=1S/C24H22F2IN5O3/c1-13-11-15(27)3-4-18(13)30-21-17(24(34)35)12-16(19(25)20(21)26)23(33)32-9-7-31(8-10-32)22-14(2)28-5-6-29-22/h3-6,11-12,30H,7-10H2,1-2H3,(H,34,35). The molecule has 11 heteroatoms. The van der Waals surface area contributed by atoms with Crippen molar-refractivity contribution in [3.8, 4) is 0 Å². The summed E-state index contributed by atoms with van der Waals surface area (Å²) in [6.07, 6.45) is 3.17. The number of aromatic nitrogens is 2. The summed E-state index contributed by atoms with van der Waals surface area (Å²) in [5.74, 6) is -4.35. The van der Waals surface area contributed by atoms with Crippen molar-refractivity contribution in [1.82, 2.24) is 14.9 Å². The number of nitrogens with one attached hydrogen (secondary N) is 1. The minimum Gasteiger partial charge on any atom is -0.478 e. The number of piperazine rings is 1. The first kappa shape index (κ1) is 24.8. The predicted octanol–water partition coefficient (Wildman–Crippen LogP) is 4.38. The minimum atomic E-state index is -1.48. The van der Waals surface area contributed by atoms with Crippen molar-refractivity contribution in [1.29, 1.82) is 0 Å². The van der Waals surface area contributed by atoms with Gasteiger partial charge in [-0.1, -0.05) is 0 Å². The van der Waals surface area contributed by atoms with Gasteiger partial charge >= 0.3 is 5.97 Å². The molecule has 3 aromatic rings. The number of hydrogen-bond donors (Lipinski definition) is 2. The Bertz CT molecular complexity index is 1310. The van der Waals surface area contributed by atoms with E-state index < -0.39 is 40.3 Å². The second-order valence-electron chi connectivity index (χ2n) is 8.11. The first-order valence-corrected chi connectivity index (χ1v) is 11.9. The molecule has 2 heterocycles. The van der Waals surface area contributed by atoms with Gasteiger partial charge in [-0.15, -0.1) is 0 Å². The fraction of sp³-hybridized carbons (Fsp3) is 0.250. The van der Waals surface area contributed by atoms with Gasteiger partial charge in [0.2, 0.25) is 0 Å². The highest BCUT2D eigenvalue weighted by Crippen LogP contribution is 2.31. The van der Waals surface area contributed by atoms with E-state index in [1.165, 1.54) is 4.90 Å². The number of nitrogens with zero attached hydrogens (tertiary/aromatic N) is 4. The molecular weight excluding hydrogens is 571 g/mol. The van der Waals surface area contributed by atoms with E-state index in [-0.39, 0.29) is 13.1 Å². The van der Waals surface area contributed by atoms with Gasteiger partial charge in [0, 0.05) is 47.8 Å². The maximum absolute atomic E-state index is 15.1. The van der Waals surface area contributed by atoms with Crippen molar-refractivity contribution in [2.24, 2.45) is 0 Å². The Morgan fingerprint density at radius 1 is 1.00 bits per heavy atom. The number of anilines is 3.